The van der Waals surface area contributed by atoms with Gasteiger partial charge in [0.25, 0.3) is 0 Å². The largest absolute Gasteiger partial charge is 0.381 e. The second-order valence-electron chi connectivity index (χ2n) is 4.98. The first-order chi connectivity index (χ1) is 7.63. The summed E-state index contributed by atoms with van der Waals surface area (Å²) in [6.45, 7) is 14.4. The molecule has 2 nitrogen and oxygen atoms in total. The Kier molecular flexibility index (Phi) is 10.9. The number of unbranched alkanes of at least 4 members (excludes halogenated alkanes) is 2. The fourth-order valence-corrected chi connectivity index (χ4v) is 1.37. The Labute approximate surface area is 101 Å². The molecule has 0 rings (SSSR count). The Hall–Kier alpha value is -0.340. The summed E-state index contributed by atoms with van der Waals surface area (Å²) < 4.78 is 5.51. The Bertz CT molecular complexity index is 166. The van der Waals surface area contributed by atoms with Crippen LogP contribution >= 0.6 is 0 Å². The molecular formula is C14H29NO. The highest BCUT2D eigenvalue weighted by atomic mass is 16.5. The molecule has 96 valence electrons. The van der Waals surface area contributed by atoms with Crippen molar-refractivity contribution in [2.75, 3.05) is 26.3 Å². The van der Waals surface area contributed by atoms with E-state index in [1.807, 2.05) is 6.92 Å². The van der Waals surface area contributed by atoms with E-state index in [4.69, 9.17) is 4.74 Å². The Morgan fingerprint density at radius 2 is 1.94 bits per heavy atom. The number of nitrogens with one attached hydrogen (secondary N) is 1. The molecule has 0 spiro atoms. The smallest absolute Gasteiger partial charge is 0.0502 e. The zero-order chi connectivity index (χ0) is 12.2. The summed E-state index contributed by atoms with van der Waals surface area (Å²) in [4.78, 5) is 0. The molecule has 0 aromatic rings. The second kappa shape index (κ2) is 11.2. The first-order valence-electron chi connectivity index (χ1n) is 6.55. The van der Waals surface area contributed by atoms with Crippen LogP contribution in [-0.4, -0.2) is 26.3 Å². The van der Waals surface area contributed by atoms with Gasteiger partial charge in [-0.2, -0.15) is 0 Å². The van der Waals surface area contributed by atoms with E-state index >= 15 is 0 Å². The van der Waals surface area contributed by atoms with E-state index < -0.39 is 0 Å². The molecule has 0 fully saturated rings. The third-order valence-corrected chi connectivity index (χ3v) is 2.37. The SMILES string of the molecule is C=C(C)CCOCCCCCNCC(C)C. The van der Waals surface area contributed by atoms with Crippen LogP contribution in [0.2, 0.25) is 0 Å². The van der Waals surface area contributed by atoms with Gasteiger partial charge in [0.1, 0.15) is 0 Å². The molecule has 0 atom stereocenters. The van der Waals surface area contributed by atoms with Crippen LogP contribution < -0.4 is 5.32 Å². The summed E-state index contributed by atoms with van der Waals surface area (Å²) in [5, 5.41) is 3.45. The van der Waals surface area contributed by atoms with E-state index in [2.05, 4.69) is 25.7 Å². The lowest BCUT2D eigenvalue weighted by Crippen LogP contribution is -2.20. The van der Waals surface area contributed by atoms with Gasteiger partial charge in [-0.15, -0.1) is 6.58 Å². The van der Waals surface area contributed by atoms with Gasteiger partial charge >= 0.3 is 0 Å². The fourth-order valence-electron chi connectivity index (χ4n) is 1.37. The van der Waals surface area contributed by atoms with Crippen molar-refractivity contribution in [2.24, 2.45) is 5.92 Å². The van der Waals surface area contributed by atoms with Crippen molar-refractivity contribution >= 4 is 0 Å². The predicted molar refractivity (Wildman–Crippen MR) is 71.8 cm³/mol. The van der Waals surface area contributed by atoms with Gasteiger partial charge in [-0.05, 0) is 51.6 Å². The van der Waals surface area contributed by atoms with Gasteiger partial charge in [0.05, 0.1) is 6.61 Å². The number of hydrogen-bond acceptors (Lipinski definition) is 2. The average Bonchev–Trinajstić information content (AvgIpc) is 2.20. The zero-order valence-corrected chi connectivity index (χ0v) is 11.3. The summed E-state index contributed by atoms with van der Waals surface area (Å²) in [7, 11) is 0. The monoisotopic (exact) mass is 227 g/mol. The number of hydrogen-bond donors (Lipinski definition) is 1. The first-order valence-corrected chi connectivity index (χ1v) is 6.55. The third-order valence-electron chi connectivity index (χ3n) is 2.37. The molecule has 0 radical (unpaired) electrons. The second-order valence-corrected chi connectivity index (χ2v) is 4.98. The minimum absolute atomic E-state index is 0.755. The van der Waals surface area contributed by atoms with Crippen molar-refractivity contribution in [1.82, 2.24) is 5.32 Å². The molecule has 0 amide bonds. The van der Waals surface area contributed by atoms with Crippen LogP contribution in [0.4, 0.5) is 0 Å². The van der Waals surface area contributed by atoms with E-state index in [0.717, 1.165) is 38.6 Å². The Balaban J connectivity index is 2.96. The van der Waals surface area contributed by atoms with Crippen molar-refractivity contribution < 1.29 is 4.74 Å². The van der Waals surface area contributed by atoms with Gasteiger partial charge in [0, 0.05) is 6.61 Å². The molecule has 0 aromatic heterocycles. The number of ether oxygens (including phenoxy) is 1. The summed E-state index contributed by atoms with van der Waals surface area (Å²) in [5.74, 6) is 0.755. The van der Waals surface area contributed by atoms with E-state index in [1.165, 1.54) is 24.8 Å². The summed E-state index contributed by atoms with van der Waals surface area (Å²) >= 11 is 0. The Morgan fingerprint density at radius 1 is 1.19 bits per heavy atom. The van der Waals surface area contributed by atoms with Crippen LogP contribution in [0.25, 0.3) is 0 Å². The molecule has 2 heteroatoms. The summed E-state index contributed by atoms with van der Waals surface area (Å²) in [6.07, 6.45) is 4.70. The molecule has 0 saturated carbocycles. The quantitative estimate of drug-likeness (QED) is 0.431. The van der Waals surface area contributed by atoms with E-state index in [-0.39, 0.29) is 0 Å². The molecule has 1 N–H and O–H groups in total. The highest BCUT2D eigenvalue weighted by Gasteiger charge is 1.93. The zero-order valence-electron chi connectivity index (χ0n) is 11.3. The maximum atomic E-state index is 5.51. The van der Waals surface area contributed by atoms with Crippen molar-refractivity contribution in [3.05, 3.63) is 12.2 Å². The minimum atomic E-state index is 0.755. The van der Waals surface area contributed by atoms with E-state index in [0.29, 0.717) is 0 Å². The van der Waals surface area contributed by atoms with Gasteiger partial charge in [-0.3, -0.25) is 0 Å². The van der Waals surface area contributed by atoms with Crippen LogP contribution in [0.15, 0.2) is 12.2 Å². The molecule has 16 heavy (non-hydrogen) atoms. The van der Waals surface area contributed by atoms with Crippen molar-refractivity contribution in [2.45, 2.75) is 46.5 Å². The van der Waals surface area contributed by atoms with Crippen LogP contribution in [0, 0.1) is 5.92 Å². The molecular weight excluding hydrogens is 198 g/mol. The maximum absolute atomic E-state index is 5.51. The molecule has 0 aromatic carbocycles. The van der Waals surface area contributed by atoms with Crippen molar-refractivity contribution in [1.29, 1.82) is 0 Å². The lowest BCUT2D eigenvalue weighted by atomic mass is 10.2. The molecule has 0 aliphatic carbocycles. The van der Waals surface area contributed by atoms with Crippen molar-refractivity contribution in [3.63, 3.8) is 0 Å². The normalized spacial score (nSPS) is 11.0. The molecule has 0 saturated heterocycles. The van der Waals surface area contributed by atoms with Crippen LogP contribution in [0.5, 0.6) is 0 Å². The summed E-state index contributed by atoms with van der Waals surface area (Å²) in [5.41, 5.74) is 1.21. The fraction of sp³-hybridized carbons (Fsp3) is 0.857. The standard InChI is InChI=1S/C14H29NO/c1-13(2)8-11-16-10-7-5-6-9-15-12-14(3)4/h14-15H,1,5-12H2,2-4H3. The molecule has 0 aliphatic rings. The Morgan fingerprint density at radius 3 is 2.56 bits per heavy atom. The van der Waals surface area contributed by atoms with Gasteiger partial charge in [0.15, 0.2) is 0 Å². The van der Waals surface area contributed by atoms with Gasteiger partial charge in [-0.25, -0.2) is 0 Å². The van der Waals surface area contributed by atoms with Gasteiger partial charge < -0.3 is 10.1 Å². The third kappa shape index (κ3) is 13.7. The van der Waals surface area contributed by atoms with E-state index in [9.17, 15) is 0 Å². The molecule has 0 unspecified atom stereocenters. The minimum Gasteiger partial charge on any atom is -0.381 e. The van der Waals surface area contributed by atoms with Crippen LogP contribution in [0.1, 0.15) is 46.5 Å². The van der Waals surface area contributed by atoms with Crippen LogP contribution in [-0.2, 0) is 4.74 Å². The van der Waals surface area contributed by atoms with Crippen molar-refractivity contribution in [3.8, 4) is 0 Å². The average molecular weight is 227 g/mol. The first kappa shape index (κ1) is 15.7. The van der Waals surface area contributed by atoms with Gasteiger partial charge in [0.2, 0.25) is 0 Å². The molecule has 0 heterocycles. The maximum Gasteiger partial charge on any atom is 0.0502 e. The summed E-state index contributed by atoms with van der Waals surface area (Å²) in [6, 6.07) is 0. The number of rotatable bonds is 11. The van der Waals surface area contributed by atoms with E-state index in [1.54, 1.807) is 0 Å². The molecule has 0 aliphatic heterocycles. The predicted octanol–water partition coefficient (Wildman–Crippen LogP) is 3.39. The van der Waals surface area contributed by atoms with Gasteiger partial charge in [-0.1, -0.05) is 19.4 Å². The lowest BCUT2D eigenvalue weighted by Gasteiger charge is -2.07. The van der Waals surface area contributed by atoms with Crippen LogP contribution in [0.3, 0.4) is 0 Å². The topological polar surface area (TPSA) is 21.3 Å². The highest BCUT2D eigenvalue weighted by molar-refractivity contribution is 4.86. The lowest BCUT2D eigenvalue weighted by molar-refractivity contribution is 0.133. The highest BCUT2D eigenvalue weighted by Crippen LogP contribution is 1.99. The molecule has 0 bridgehead atoms.